The molecule has 2 heterocycles. The van der Waals surface area contributed by atoms with E-state index in [1.807, 2.05) is 4.90 Å². The molecule has 8 heteroatoms. The van der Waals surface area contributed by atoms with Crippen molar-refractivity contribution in [3.8, 4) is 5.75 Å². The van der Waals surface area contributed by atoms with E-state index in [1.165, 1.54) is 6.07 Å². The Morgan fingerprint density at radius 1 is 1.07 bits per heavy atom. The van der Waals surface area contributed by atoms with Crippen LogP contribution in [0.1, 0.15) is 29.8 Å². The minimum Gasteiger partial charge on any atom is -0.493 e. The molecule has 0 unspecified atom stereocenters. The van der Waals surface area contributed by atoms with Crippen LogP contribution in [0.25, 0.3) is 0 Å². The van der Waals surface area contributed by atoms with Gasteiger partial charge < -0.3 is 14.5 Å². The largest absolute Gasteiger partial charge is 0.493 e. The molecule has 1 saturated heterocycles. The predicted octanol–water partition coefficient (Wildman–Crippen LogP) is 4.10. The summed E-state index contributed by atoms with van der Waals surface area (Å²) in [5.74, 6) is 1.57. The molecule has 0 saturated carbocycles. The third-order valence-corrected chi connectivity index (χ3v) is 4.65. The van der Waals surface area contributed by atoms with Gasteiger partial charge in [-0.15, -0.1) is 0 Å². The molecule has 0 aliphatic carbocycles. The number of nitrogens with zero attached hydrogens (tertiary/aromatic N) is 3. The van der Waals surface area contributed by atoms with Crippen molar-refractivity contribution in [3.63, 3.8) is 0 Å². The molecule has 0 spiro atoms. The average Bonchev–Trinajstić information content (AvgIpc) is 2.72. The molecule has 1 aliphatic heterocycles. The van der Waals surface area contributed by atoms with E-state index in [0.717, 1.165) is 18.0 Å². The van der Waals surface area contributed by atoms with E-state index < -0.39 is 11.7 Å². The summed E-state index contributed by atoms with van der Waals surface area (Å²) in [7, 11) is 0. The Hall–Kier alpha value is -2.77. The van der Waals surface area contributed by atoms with E-state index in [0.29, 0.717) is 50.1 Å². The van der Waals surface area contributed by atoms with Gasteiger partial charge in [0.1, 0.15) is 11.6 Å². The molecule has 2 aromatic rings. The Bertz CT molecular complexity index is 813. The molecule has 29 heavy (non-hydrogen) atoms. The van der Waals surface area contributed by atoms with E-state index in [4.69, 9.17) is 4.74 Å². The average molecular weight is 407 g/mol. The smallest absolute Gasteiger partial charge is 0.417 e. The maximum Gasteiger partial charge on any atom is 0.417 e. The maximum absolute atomic E-state index is 12.7. The second-order valence-corrected chi connectivity index (χ2v) is 7.41. The number of ether oxygens (including phenoxy) is 1. The third-order valence-electron chi connectivity index (χ3n) is 4.65. The monoisotopic (exact) mass is 407 g/mol. The first-order valence-electron chi connectivity index (χ1n) is 9.54. The number of alkyl halides is 3. The van der Waals surface area contributed by atoms with Gasteiger partial charge in [0.25, 0.3) is 5.91 Å². The number of benzene rings is 1. The van der Waals surface area contributed by atoms with Crippen LogP contribution in [0.2, 0.25) is 0 Å². The van der Waals surface area contributed by atoms with Crippen molar-refractivity contribution in [1.29, 1.82) is 0 Å². The second-order valence-electron chi connectivity index (χ2n) is 7.41. The number of carbonyl (C=O) groups is 1. The van der Waals surface area contributed by atoms with Gasteiger partial charge in [-0.05, 0) is 42.3 Å². The summed E-state index contributed by atoms with van der Waals surface area (Å²) in [4.78, 5) is 20.2. The van der Waals surface area contributed by atoms with Gasteiger partial charge in [0.15, 0.2) is 0 Å². The predicted molar refractivity (Wildman–Crippen MR) is 104 cm³/mol. The lowest BCUT2D eigenvalue weighted by Gasteiger charge is -2.35. The molecule has 0 radical (unpaired) electrons. The number of rotatable bonds is 5. The number of hydrogen-bond donors (Lipinski definition) is 0. The van der Waals surface area contributed by atoms with Crippen LogP contribution in [-0.2, 0) is 6.18 Å². The minimum atomic E-state index is -4.40. The van der Waals surface area contributed by atoms with Crippen LogP contribution in [0, 0.1) is 5.92 Å². The van der Waals surface area contributed by atoms with Crippen molar-refractivity contribution in [2.45, 2.75) is 20.0 Å². The Labute approximate surface area is 168 Å². The number of halogens is 3. The number of piperazine rings is 1. The molecule has 5 nitrogen and oxygen atoms in total. The highest BCUT2D eigenvalue weighted by Gasteiger charge is 2.31. The van der Waals surface area contributed by atoms with Crippen LogP contribution >= 0.6 is 0 Å². The summed E-state index contributed by atoms with van der Waals surface area (Å²) in [5.41, 5.74) is -0.182. The molecular formula is C21H24F3N3O2. The van der Waals surface area contributed by atoms with Crippen LogP contribution < -0.4 is 9.64 Å². The molecular weight excluding hydrogens is 383 g/mol. The highest BCUT2D eigenvalue weighted by Crippen LogP contribution is 2.29. The molecule has 1 aliphatic rings. The van der Waals surface area contributed by atoms with Crippen molar-refractivity contribution >= 4 is 11.7 Å². The van der Waals surface area contributed by atoms with E-state index in [-0.39, 0.29) is 5.91 Å². The Morgan fingerprint density at radius 2 is 1.72 bits per heavy atom. The first-order valence-corrected chi connectivity index (χ1v) is 9.54. The zero-order valence-electron chi connectivity index (χ0n) is 16.4. The number of hydrogen-bond acceptors (Lipinski definition) is 4. The zero-order chi connectivity index (χ0) is 21.0. The van der Waals surface area contributed by atoms with Crippen LogP contribution in [0.5, 0.6) is 5.75 Å². The van der Waals surface area contributed by atoms with Gasteiger partial charge in [0, 0.05) is 37.9 Å². The minimum absolute atomic E-state index is 0.0690. The molecule has 0 bridgehead atoms. The second kappa shape index (κ2) is 8.71. The maximum atomic E-state index is 12.7. The van der Waals surface area contributed by atoms with E-state index in [2.05, 4.69) is 18.8 Å². The number of anilines is 1. The van der Waals surface area contributed by atoms with Crippen molar-refractivity contribution in [3.05, 3.63) is 53.7 Å². The van der Waals surface area contributed by atoms with Crippen LogP contribution in [0.3, 0.4) is 0 Å². The summed E-state index contributed by atoms with van der Waals surface area (Å²) in [6.07, 6.45) is -3.55. The molecule has 1 aromatic heterocycles. The Morgan fingerprint density at radius 3 is 2.24 bits per heavy atom. The van der Waals surface area contributed by atoms with Gasteiger partial charge in [-0.3, -0.25) is 4.79 Å². The lowest BCUT2D eigenvalue weighted by molar-refractivity contribution is -0.137. The van der Waals surface area contributed by atoms with Gasteiger partial charge in [-0.2, -0.15) is 13.2 Å². The van der Waals surface area contributed by atoms with Gasteiger partial charge >= 0.3 is 6.18 Å². The summed E-state index contributed by atoms with van der Waals surface area (Å²) in [6.45, 7) is 6.74. The number of aromatic nitrogens is 1. The van der Waals surface area contributed by atoms with Crippen LogP contribution in [0.15, 0.2) is 42.6 Å². The van der Waals surface area contributed by atoms with E-state index in [9.17, 15) is 18.0 Å². The third kappa shape index (κ3) is 5.40. The fraction of sp³-hybridized carbons (Fsp3) is 0.429. The van der Waals surface area contributed by atoms with Gasteiger partial charge in [0.05, 0.1) is 12.2 Å². The SMILES string of the molecule is CC(C)COc1ccc(C(=O)N2CCN(c3ccc(C(F)(F)F)cn3)CC2)cc1. The van der Waals surface area contributed by atoms with Crippen molar-refractivity contribution in [2.75, 3.05) is 37.7 Å². The first-order chi connectivity index (χ1) is 13.7. The molecule has 1 amide bonds. The zero-order valence-corrected chi connectivity index (χ0v) is 16.4. The standard InChI is InChI=1S/C21H24F3N3O2/c1-15(2)14-29-18-6-3-16(4-7-18)20(28)27-11-9-26(10-12-27)19-8-5-17(13-25-19)21(22,23)24/h3-8,13,15H,9-12,14H2,1-2H3. The van der Waals surface area contributed by atoms with Crippen molar-refractivity contribution in [1.82, 2.24) is 9.88 Å². The van der Waals surface area contributed by atoms with E-state index >= 15 is 0 Å². The quantitative estimate of drug-likeness (QED) is 0.749. The van der Waals surface area contributed by atoms with Crippen molar-refractivity contribution < 1.29 is 22.7 Å². The lowest BCUT2D eigenvalue weighted by Crippen LogP contribution is -2.49. The van der Waals surface area contributed by atoms with Gasteiger partial charge in [-0.1, -0.05) is 13.8 Å². The molecule has 3 rings (SSSR count). The van der Waals surface area contributed by atoms with Gasteiger partial charge in [-0.25, -0.2) is 4.98 Å². The molecule has 0 N–H and O–H groups in total. The fourth-order valence-corrected chi connectivity index (χ4v) is 3.02. The normalized spacial score (nSPS) is 15.0. The molecule has 1 aromatic carbocycles. The van der Waals surface area contributed by atoms with Gasteiger partial charge in [0.2, 0.25) is 0 Å². The molecule has 156 valence electrons. The van der Waals surface area contributed by atoms with Crippen LogP contribution in [0.4, 0.5) is 19.0 Å². The fourth-order valence-electron chi connectivity index (χ4n) is 3.02. The summed E-state index contributed by atoms with van der Waals surface area (Å²) < 4.78 is 43.6. The number of carbonyl (C=O) groups excluding carboxylic acids is 1. The number of pyridine rings is 1. The highest BCUT2D eigenvalue weighted by molar-refractivity contribution is 5.94. The number of amides is 1. The first kappa shape index (κ1) is 21.0. The van der Waals surface area contributed by atoms with Crippen molar-refractivity contribution in [2.24, 2.45) is 5.92 Å². The Balaban J connectivity index is 1.55. The lowest BCUT2D eigenvalue weighted by atomic mass is 10.1. The van der Waals surface area contributed by atoms with Crippen LogP contribution in [-0.4, -0.2) is 48.6 Å². The molecule has 0 atom stereocenters. The highest BCUT2D eigenvalue weighted by atomic mass is 19.4. The Kier molecular flexibility index (Phi) is 6.30. The topological polar surface area (TPSA) is 45.7 Å². The molecule has 1 fully saturated rings. The summed E-state index contributed by atoms with van der Waals surface area (Å²) in [6, 6.07) is 9.48. The van der Waals surface area contributed by atoms with E-state index in [1.54, 1.807) is 29.2 Å². The summed E-state index contributed by atoms with van der Waals surface area (Å²) in [5, 5.41) is 0. The summed E-state index contributed by atoms with van der Waals surface area (Å²) >= 11 is 0.